The Morgan fingerprint density at radius 3 is 2.78 bits per heavy atom. The molecular formula is C15H12ClN3O3S. The molecule has 0 aliphatic rings. The molecule has 23 heavy (non-hydrogen) atoms. The van der Waals surface area contributed by atoms with Crippen LogP contribution in [0.1, 0.15) is 26.6 Å². The first-order valence-corrected chi connectivity index (χ1v) is 7.86. The highest BCUT2D eigenvalue weighted by Crippen LogP contribution is 2.27. The van der Waals surface area contributed by atoms with Gasteiger partial charge in [-0.05, 0) is 24.1 Å². The van der Waals surface area contributed by atoms with Crippen LogP contribution in [-0.2, 0) is 6.42 Å². The van der Waals surface area contributed by atoms with E-state index in [1.165, 1.54) is 0 Å². The minimum absolute atomic E-state index is 0.0968. The van der Waals surface area contributed by atoms with E-state index in [4.69, 9.17) is 17.4 Å². The zero-order valence-corrected chi connectivity index (χ0v) is 13.6. The summed E-state index contributed by atoms with van der Waals surface area (Å²) in [6.07, 6.45) is 0.278. The Bertz CT molecular complexity index is 994. The van der Waals surface area contributed by atoms with Crippen molar-refractivity contribution in [3.05, 3.63) is 61.5 Å². The highest BCUT2D eigenvalue weighted by Gasteiger charge is 2.20. The lowest BCUT2D eigenvalue weighted by Crippen LogP contribution is -2.31. The maximum absolute atomic E-state index is 12.5. The zero-order chi connectivity index (χ0) is 16.7. The second-order valence-corrected chi connectivity index (χ2v) is 6.42. The first kappa shape index (κ1) is 15.5. The molecule has 2 aromatic heterocycles. The molecule has 3 aromatic rings. The maximum atomic E-state index is 12.5. The van der Waals surface area contributed by atoms with Crippen molar-refractivity contribution in [2.45, 2.75) is 13.3 Å². The third-order valence-electron chi connectivity index (χ3n) is 3.57. The Hall–Kier alpha value is -2.38. The molecule has 0 spiro atoms. The average molecular weight is 350 g/mol. The van der Waals surface area contributed by atoms with Gasteiger partial charge >= 0.3 is 5.97 Å². The van der Waals surface area contributed by atoms with Crippen molar-refractivity contribution in [3.8, 4) is 0 Å². The fourth-order valence-electron chi connectivity index (χ4n) is 2.38. The Kier molecular flexibility index (Phi) is 3.83. The van der Waals surface area contributed by atoms with Gasteiger partial charge in [0.2, 0.25) is 0 Å². The van der Waals surface area contributed by atoms with Crippen LogP contribution in [0.5, 0.6) is 0 Å². The first-order valence-electron chi connectivity index (χ1n) is 6.67. The lowest BCUT2D eigenvalue weighted by Gasteiger charge is -2.08. The van der Waals surface area contributed by atoms with Crippen LogP contribution in [0.3, 0.4) is 0 Å². The van der Waals surface area contributed by atoms with Crippen LogP contribution in [0.25, 0.3) is 10.2 Å². The number of aromatic carboxylic acids is 1. The van der Waals surface area contributed by atoms with Crippen LogP contribution in [-0.4, -0.2) is 20.7 Å². The number of aromatic nitrogens is 2. The number of carbonyl (C=O) groups is 1. The van der Waals surface area contributed by atoms with Gasteiger partial charge in [-0.25, -0.2) is 14.5 Å². The van der Waals surface area contributed by atoms with Gasteiger partial charge in [0, 0.05) is 11.4 Å². The van der Waals surface area contributed by atoms with Crippen LogP contribution < -0.4 is 11.4 Å². The molecule has 0 amide bonds. The van der Waals surface area contributed by atoms with Crippen molar-refractivity contribution in [3.63, 3.8) is 0 Å². The molecule has 8 heteroatoms. The van der Waals surface area contributed by atoms with Gasteiger partial charge in [-0.3, -0.25) is 4.79 Å². The van der Waals surface area contributed by atoms with E-state index in [1.54, 1.807) is 19.1 Å². The standard InChI is InChI=1S/C15H12ClN3O3S/c1-7-11-13(23-12(7)15(21)22)18-10(19(17)14(11)20)6-8-4-2-3-5-9(8)16/h2-5H,6,17H2,1H3,(H,21,22). The van der Waals surface area contributed by atoms with Crippen LogP contribution in [0.2, 0.25) is 5.02 Å². The number of nitrogen functional groups attached to an aromatic ring is 1. The van der Waals surface area contributed by atoms with Crippen LogP contribution >= 0.6 is 22.9 Å². The van der Waals surface area contributed by atoms with E-state index in [0.29, 0.717) is 21.2 Å². The largest absolute Gasteiger partial charge is 0.477 e. The van der Waals surface area contributed by atoms with Gasteiger partial charge in [0.05, 0.1) is 5.39 Å². The predicted octanol–water partition coefficient (Wildman–Crippen LogP) is 2.42. The molecule has 0 saturated heterocycles. The number of carboxylic acids is 1. The molecule has 1 aromatic carbocycles. The van der Waals surface area contributed by atoms with E-state index in [1.807, 2.05) is 12.1 Å². The number of carboxylic acid groups (broad SMARTS) is 1. The number of rotatable bonds is 3. The fourth-order valence-corrected chi connectivity index (χ4v) is 3.61. The maximum Gasteiger partial charge on any atom is 0.346 e. The predicted molar refractivity (Wildman–Crippen MR) is 90.0 cm³/mol. The summed E-state index contributed by atoms with van der Waals surface area (Å²) in [6.45, 7) is 1.58. The van der Waals surface area contributed by atoms with Gasteiger partial charge in [-0.1, -0.05) is 29.8 Å². The summed E-state index contributed by atoms with van der Waals surface area (Å²) in [5.41, 5.74) is 0.711. The monoisotopic (exact) mass is 349 g/mol. The van der Waals surface area contributed by atoms with Gasteiger partial charge < -0.3 is 10.9 Å². The second kappa shape index (κ2) is 5.68. The molecule has 0 atom stereocenters. The molecule has 2 heterocycles. The number of nitrogens with two attached hydrogens (primary N) is 1. The topological polar surface area (TPSA) is 98.2 Å². The van der Waals surface area contributed by atoms with Gasteiger partial charge in [0.25, 0.3) is 5.56 Å². The van der Waals surface area contributed by atoms with E-state index < -0.39 is 11.5 Å². The van der Waals surface area contributed by atoms with E-state index >= 15 is 0 Å². The van der Waals surface area contributed by atoms with Gasteiger partial charge in [-0.15, -0.1) is 11.3 Å². The molecule has 0 saturated carbocycles. The molecular weight excluding hydrogens is 338 g/mol. The average Bonchev–Trinajstić information content (AvgIpc) is 2.84. The smallest absolute Gasteiger partial charge is 0.346 e. The Morgan fingerprint density at radius 2 is 2.13 bits per heavy atom. The summed E-state index contributed by atoms with van der Waals surface area (Å²) < 4.78 is 0.955. The van der Waals surface area contributed by atoms with Gasteiger partial charge in [-0.2, -0.15) is 0 Å². The molecule has 118 valence electrons. The first-order chi connectivity index (χ1) is 10.9. The molecule has 3 rings (SSSR count). The molecule has 0 aliphatic carbocycles. The minimum atomic E-state index is -1.08. The van der Waals surface area contributed by atoms with Crippen molar-refractivity contribution in [2.75, 3.05) is 5.84 Å². The number of halogens is 1. The van der Waals surface area contributed by atoms with Gasteiger partial charge in [0.1, 0.15) is 15.5 Å². The summed E-state index contributed by atoms with van der Waals surface area (Å²) in [7, 11) is 0. The lowest BCUT2D eigenvalue weighted by atomic mass is 10.1. The fraction of sp³-hybridized carbons (Fsp3) is 0.133. The Morgan fingerprint density at radius 1 is 1.43 bits per heavy atom. The van der Waals surface area contributed by atoms with Gasteiger partial charge in [0.15, 0.2) is 0 Å². The summed E-state index contributed by atoms with van der Waals surface area (Å²) in [4.78, 5) is 28.5. The van der Waals surface area contributed by atoms with E-state index in [2.05, 4.69) is 4.98 Å². The van der Waals surface area contributed by atoms with Crippen molar-refractivity contribution < 1.29 is 9.90 Å². The molecule has 6 nitrogen and oxygen atoms in total. The molecule has 0 aliphatic heterocycles. The minimum Gasteiger partial charge on any atom is -0.477 e. The number of hydrogen-bond acceptors (Lipinski definition) is 5. The molecule has 3 N–H and O–H groups in total. The second-order valence-electron chi connectivity index (χ2n) is 5.01. The van der Waals surface area contributed by atoms with Crippen LogP contribution in [0.4, 0.5) is 0 Å². The third kappa shape index (κ3) is 2.58. The molecule has 0 bridgehead atoms. The molecule has 0 fully saturated rings. The quantitative estimate of drug-likeness (QED) is 0.707. The number of thiophene rings is 1. The van der Waals surface area contributed by atoms with Crippen molar-refractivity contribution >= 4 is 39.1 Å². The van der Waals surface area contributed by atoms with Crippen molar-refractivity contribution in [2.24, 2.45) is 0 Å². The summed E-state index contributed by atoms with van der Waals surface area (Å²) in [5, 5.41) is 9.99. The van der Waals surface area contributed by atoms with Crippen molar-refractivity contribution in [1.29, 1.82) is 0 Å². The number of nitrogens with zero attached hydrogens (tertiary/aromatic N) is 2. The molecule has 0 radical (unpaired) electrons. The summed E-state index contributed by atoms with van der Waals surface area (Å²) in [5.74, 6) is 5.10. The Labute approximate surface area is 139 Å². The zero-order valence-electron chi connectivity index (χ0n) is 12.0. The van der Waals surface area contributed by atoms with E-state index in [9.17, 15) is 14.7 Å². The Balaban J connectivity index is 2.20. The van der Waals surface area contributed by atoms with E-state index in [-0.39, 0.29) is 16.7 Å². The van der Waals surface area contributed by atoms with Crippen molar-refractivity contribution in [1.82, 2.24) is 9.66 Å². The normalized spacial score (nSPS) is 11.0. The highest BCUT2D eigenvalue weighted by atomic mass is 35.5. The third-order valence-corrected chi connectivity index (χ3v) is 5.11. The number of benzene rings is 1. The summed E-state index contributed by atoms with van der Waals surface area (Å²) >= 11 is 7.10. The van der Waals surface area contributed by atoms with E-state index in [0.717, 1.165) is 21.6 Å². The van der Waals surface area contributed by atoms with Crippen LogP contribution in [0.15, 0.2) is 29.1 Å². The SMILES string of the molecule is Cc1c(C(=O)O)sc2nc(Cc3ccccc3Cl)n(N)c(=O)c12. The number of aryl methyl sites for hydroxylation is 1. The summed E-state index contributed by atoms with van der Waals surface area (Å²) in [6, 6.07) is 7.20. The lowest BCUT2D eigenvalue weighted by molar-refractivity contribution is 0.0701. The molecule has 0 unspecified atom stereocenters. The van der Waals surface area contributed by atoms with Crippen LogP contribution in [0, 0.1) is 6.92 Å². The number of fused-ring (bicyclic) bond motifs is 1. The number of hydrogen-bond donors (Lipinski definition) is 2. The highest BCUT2D eigenvalue weighted by molar-refractivity contribution is 7.20.